The molecule has 0 atom stereocenters. The Kier molecular flexibility index (Phi) is 3.69. The van der Waals surface area contributed by atoms with E-state index in [2.05, 4.69) is 42.6 Å². The lowest BCUT2D eigenvalue weighted by atomic mass is 10.0. The molecule has 0 amide bonds. The van der Waals surface area contributed by atoms with Crippen molar-refractivity contribution in [2.45, 2.75) is 52.7 Å². The van der Waals surface area contributed by atoms with Gasteiger partial charge in [0, 0.05) is 24.5 Å². The first-order chi connectivity index (χ1) is 6.59. The Morgan fingerprint density at radius 3 is 2.71 bits per heavy atom. The topological polar surface area (TPSA) is 29.9 Å². The first-order valence-corrected chi connectivity index (χ1v) is 5.34. The minimum atomic E-state index is 0.199. The molecule has 0 aromatic carbocycles. The highest BCUT2D eigenvalue weighted by Crippen LogP contribution is 2.08. The van der Waals surface area contributed by atoms with Gasteiger partial charge in [0.05, 0.1) is 6.54 Å². The number of aryl methyl sites for hydroxylation is 1. The Balaban J connectivity index is 2.53. The van der Waals surface area contributed by atoms with Crippen LogP contribution in [0.3, 0.4) is 0 Å². The lowest BCUT2D eigenvalue weighted by molar-refractivity contribution is 0.366. The summed E-state index contributed by atoms with van der Waals surface area (Å²) in [7, 11) is 0. The van der Waals surface area contributed by atoms with Crippen LogP contribution < -0.4 is 5.32 Å². The summed E-state index contributed by atoms with van der Waals surface area (Å²) >= 11 is 0. The summed E-state index contributed by atoms with van der Waals surface area (Å²) in [5, 5.41) is 3.50. The van der Waals surface area contributed by atoms with E-state index < -0.39 is 0 Å². The molecule has 1 aromatic heterocycles. The third-order valence-electron chi connectivity index (χ3n) is 2.75. The first kappa shape index (κ1) is 11.2. The van der Waals surface area contributed by atoms with E-state index in [1.54, 1.807) is 0 Å². The second-order valence-electron chi connectivity index (χ2n) is 4.22. The zero-order valence-electron chi connectivity index (χ0n) is 9.67. The van der Waals surface area contributed by atoms with Crippen LogP contribution in [-0.4, -0.2) is 15.1 Å². The molecule has 1 N–H and O–H groups in total. The van der Waals surface area contributed by atoms with E-state index in [1.807, 2.05) is 12.4 Å². The van der Waals surface area contributed by atoms with E-state index in [0.717, 1.165) is 25.3 Å². The van der Waals surface area contributed by atoms with Crippen molar-refractivity contribution in [3.8, 4) is 0 Å². The fourth-order valence-corrected chi connectivity index (χ4v) is 1.24. The van der Waals surface area contributed by atoms with Gasteiger partial charge in [-0.05, 0) is 27.2 Å². The van der Waals surface area contributed by atoms with Gasteiger partial charge in [-0.25, -0.2) is 4.98 Å². The summed E-state index contributed by atoms with van der Waals surface area (Å²) in [6, 6.07) is 0. The van der Waals surface area contributed by atoms with E-state index >= 15 is 0 Å². The lowest BCUT2D eigenvalue weighted by Crippen LogP contribution is -2.38. The quantitative estimate of drug-likeness (QED) is 0.780. The van der Waals surface area contributed by atoms with Crippen LogP contribution in [0, 0.1) is 0 Å². The first-order valence-electron chi connectivity index (χ1n) is 5.34. The third kappa shape index (κ3) is 2.84. The summed E-state index contributed by atoms with van der Waals surface area (Å²) < 4.78 is 2.17. The molecule has 1 rings (SSSR count). The third-order valence-corrected chi connectivity index (χ3v) is 2.75. The van der Waals surface area contributed by atoms with Gasteiger partial charge in [0.25, 0.3) is 0 Å². The van der Waals surface area contributed by atoms with Crippen molar-refractivity contribution in [1.29, 1.82) is 0 Å². The number of nitrogens with one attached hydrogen (secondary N) is 1. The van der Waals surface area contributed by atoms with Crippen LogP contribution in [0.4, 0.5) is 0 Å². The van der Waals surface area contributed by atoms with Gasteiger partial charge in [-0.15, -0.1) is 0 Å². The molecule has 0 aliphatic carbocycles. The van der Waals surface area contributed by atoms with Crippen LogP contribution in [0.15, 0.2) is 12.4 Å². The molecule has 80 valence electrons. The highest BCUT2D eigenvalue weighted by Gasteiger charge is 2.14. The predicted octanol–water partition coefficient (Wildman–Crippen LogP) is 2.18. The summed E-state index contributed by atoms with van der Waals surface area (Å²) in [5.41, 5.74) is 0.199. The van der Waals surface area contributed by atoms with Crippen LogP contribution in [0.1, 0.15) is 39.9 Å². The van der Waals surface area contributed by atoms with Gasteiger partial charge in [-0.2, -0.15) is 0 Å². The van der Waals surface area contributed by atoms with Crippen molar-refractivity contribution in [3.63, 3.8) is 0 Å². The van der Waals surface area contributed by atoms with Gasteiger partial charge in [-0.1, -0.05) is 6.92 Å². The Labute approximate surface area is 86.5 Å². The van der Waals surface area contributed by atoms with Crippen molar-refractivity contribution in [3.05, 3.63) is 18.2 Å². The second kappa shape index (κ2) is 4.60. The number of nitrogens with zero attached hydrogens (tertiary/aromatic N) is 2. The maximum Gasteiger partial charge on any atom is 0.122 e. The average Bonchev–Trinajstić information content (AvgIpc) is 2.62. The molecular formula is C11H21N3. The molecule has 0 saturated carbocycles. The second-order valence-corrected chi connectivity index (χ2v) is 4.22. The van der Waals surface area contributed by atoms with Crippen molar-refractivity contribution in [2.24, 2.45) is 0 Å². The fraction of sp³-hybridized carbons (Fsp3) is 0.727. The van der Waals surface area contributed by atoms with E-state index in [9.17, 15) is 0 Å². The Morgan fingerprint density at radius 1 is 1.43 bits per heavy atom. The molecule has 0 fully saturated rings. The molecule has 0 bridgehead atoms. The molecule has 0 aliphatic heterocycles. The zero-order chi connectivity index (χ0) is 10.6. The molecule has 0 unspecified atom stereocenters. The van der Waals surface area contributed by atoms with Crippen molar-refractivity contribution < 1.29 is 0 Å². The van der Waals surface area contributed by atoms with Gasteiger partial charge in [0.15, 0.2) is 0 Å². The van der Waals surface area contributed by atoms with Crippen LogP contribution in [0.5, 0.6) is 0 Å². The zero-order valence-corrected chi connectivity index (χ0v) is 9.67. The summed E-state index contributed by atoms with van der Waals surface area (Å²) in [5.74, 6) is 1.12. The molecular weight excluding hydrogens is 174 g/mol. The summed E-state index contributed by atoms with van der Waals surface area (Å²) in [4.78, 5) is 4.32. The van der Waals surface area contributed by atoms with Crippen LogP contribution >= 0.6 is 0 Å². The molecule has 1 aromatic rings. The molecule has 0 radical (unpaired) electrons. The Hall–Kier alpha value is -0.830. The maximum absolute atomic E-state index is 4.32. The van der Waals surface area contributed by atoms with Gasteiger partial charge >= 0.3 is 0 Å². The van der Waals surface area contributed by atoms with Gasteiger partial charge < -0.3 is 9.88 Å². The van der Waals surface area contributed by atoms with Gasteiger partial charge in [-0.3, -0.25) is 0 Å². The largest absolute Gasteiger partial charge is 0.334 e. The van der Waals surface area contributed by atoms with E-state index in [1.165, 1.54) is 0 Å². The maximum atomic E-state index is 4.32. The van der Waals surface area contributed by atoms with Crippen molar-refractivity contribution in [2.75, 3.05) is 0 Å². The normalized spacial score (nSPS) is 12.0. The molecule has 0 spiro atoms. The van der Waals surface area contributed by atoms with Gasteiger partial charge in [0.2, 0.25) is 0 Å². The van der Waals surface area contributed by atoms with E-state index in [-0.39, 0.29) is 5.54 Å². The number of aromatic nitrogens is 2. The molecule has 14 heavy (non-hydrogen) atoms. The van der Waals surface area contributed by atoms with Crippen molar-refractivity contribution in [1.82, 2.24) is 14.9 Å². The number of hydrogen-bond acceptors (Lipinski definition) is 2. The van der Waals surface area contributed by atoms with E-state index in [4.69, 9.17) is 0 Å². The van der Waals surface area contributed by atoms with Gasteiger partial charge in [0.1, 0.15) is 5.82 Å². The van der Waals surface area contributed by atoms with Crippen molar-refractivity contribution >= 4 is 0 Å². The predicted molar refractivity (Wildman–Crippen MR) is 59.1 cm³/mol. The molecule has 3 heteroatoms. The summed E-state index contributed by atoms with van der Waals surface area (Å²) in [6.45, 7) is 10.6. The molecule has 3 nitrogen and oxygen atoms in total. The highest BCUT2D eigenvalue weighted by molar-refractivity contribution is 4.93. The SMILES string of the molecule is CCn1ccnc1CNC(C)(C)CC. The Bertz CT molecular complexity index is 276. The highest BCUT2D eigenvalue weighted by atomic mass is 15.1. The minimum Gasteiger partial charge on any atom is -0.334 e. The smallest absolute Gasteiger partial charge is 0.122 e. The standard InChI is InChI=1S/C11H21N3/c1-5-11(3,4)13-9-10-12-7-8-14(10)6-2/h7-8,13H,5-6,9H2,1-4H3. The minimum absolute atomic E-state index is 0.199. The lowest BCUT2D eigenvalue weighted by Gasteiger charge is -2.24. The molecule has 1 heterocycles. The fourth-order valence-electron chi connectivity index (χ4n) is 1.24. The summed E-state index contributed by atoms with van der Waals surface area (Å²) in [6.07, 6.45) is 5.01. The van der Waals surface area contributed by atoms with Crippen LogP contribution in [0.25, 0.3) is 0 Å². The average molecular weight is 195 g/mol. The number of rotatable bonds is 5. The molecule has 0 aliphatic rings. The monoisotopic (exact) mass is 195 g/mol. The molecule has 0 saturated heterocycles. The van der Waals surface area contributed by atoms with E-state index in [0.29, 0.717) is 0 Å². The van der Waals surface area contributed by atoms with Crippen LogP contribution in [-0.2, 0) is 13.1 Å². The number of hydrogen-bond donors (Lipinski definition) is 1. The van der Waals surface area contributed by atoms with Crippen LogP contribution in [0.2, 0.25) is 0 Å². The number of imidazole rings is 1. The Morgan fingerprint density at radius 2 is 2.14 bits per heavy atom.